The molecule has 8 heteroatoms. The molecule has 2 aromatic rings. The molecule has 0 aliphatic carbocycles. The first-order chi connectivity index (χ1) is 13.9. The van der Waals surface area contributed by atoms with Crippen molar-refractivity contribution in [1.82, 2.24) is 4.31 Å². The number of nitrogens with one attached hydrogen (secondary N) is 2. The van der Waals surface area contributed by atoms with Crippen molar-refractivity contribution in [2.45, 2.75) is 38.8 Å². The van der Waals surface area contributed by atoms with Gasteiger partial charge in [-0.1, -0.05) is 48.9 Å². The fourth-order valence-corrected chi connectivity index (χ4v) is 5.46. The second-order valence-electron chi connectivity index (χ2n) is 7.11. The predicted molar refractivity (Wildman–Crippen MR) is 118 cm³/mol. The number of carbonyl (C=O) groups is 1. The highest BCUT2D eigenvalue weighted by Crippen LogP contribution is 2.28. The van der Waals surface area contributed by atoms with Gasteiger partial charge >= 0.3 is 0 Å². The van der Waals surface area contributed by atoms with Gasteiger partial charge in [-0.25, -0.2) is 8.42 Å². The zero-order chi connectivity index (χ0) is 20.9. The number of rotatable bonds is 8. The van der Waals surface area contributed by atoms with E-state index < -0.39 is 16.1 Å². The summed E-state index contributed by atoms with van der Waals surface area (Å²) in [6.45, 7) is 2.85. The van der Waals surface area contributed by atoms with Gasteiger partial charge in [-0.15, -0.1) is 0 Å². The first kappa shape index (κ1) is 21.6. The van der Waals surface area contributed by atoms with E-state index >= 15 is 0 Å². The smallest absolute Gasteiger partial charge is 0.242 e. The molecule has 1 amide bonds. The molecular weight excluding hydrogens is 410 g/mol. The number of amides is 1. The zero-order valence-electron chi connectivity index (χ0n) is 16.4. The molecule has 2 N–H and O–H groups in total. The SMILES string of the molecule is CCCS(=O)(=O)N1CCCC1C(=O)Nc1ccc(NCc2ccccc2)c(Cl)c1. The third-order valence-electron chi connectivity index (χ3n) is 4.89. The summed E-state index contributed by atoms with van der Waals surface area (Å²) in [4.78, 5) is 12.7. The Kier molecular flexibility index (Phi) is 7.16. The molecule has 3 rings (SSSR count). The minimum Gasteiger partial charge on any atom is -0.380 e. The molecule has 29 heavy (non-hydrogen) atoms. The number of anilines is 2. The fourth-order valence-electron chi connectivity index (χ4n) is 3.47. The lowest BCUT2D eigenvalue weighted by Crippen LogP contribution is -2.44. The van der Waals surface area contributed by atoms with Crippen LogP contribution in [0.1, 0.15) is 31.7 Å². The summed E-state index contributed by atoms with van der Waals surface area (Å²) in [7, 11) is -3.41. The lowest BCUT2D eigenvalue weighted by molar-refractivity contribution is -0.119. The van der Waals surface area contributed by atoms with Gasteiger partial charge in [0.15, 0.2) is 0 Å². The summed E-state index contributed by atoms with van der Waals surface area (Å²) in [6, 6.07) is 14.5. The topological polar surface area (TPSA) is 78.5 Å². The molecule has 2 aromatic carbocycles. The molecule has 0 spiro atoms. The molecule has 1 saturated heterocycles. The summed E-state index contributed by atoms with van der Waals surface area (Å²) < 4.78 is 26.1. The van der Waals surface area contributed by atoms with Gasteiger partial charge < -0.3 is 10.6 Å². The molecule has 1 heterocycles. The van der Waals surface area contributed by atoms with Crippen LogP contribution in [0.15, 0.2) is 48.5 Å². The number of halogens is 1. The van der Waals surface area contributed by atoms with Gasteiger partial charge in [0.2, 0.25) is 15.9 Å². The Balaban J connectivity index is 1.64. The van der Waals surface area contributed by atoms with Crippen LogP contribution in [0.25, 0.3) is 0 Å². The van der Waals surface area contributed by atoms with Crippen LogP contribution in [-0.2, 0) is 21.4 Å². The largest absolute Gasteiger partial charge is 0.380 e. The van der Waals surface area contributed by atoms with Crippen LogP contribution in [0.5, 0.6) is 0 Å². The predicted octanol–water partition coefficient (Wildman–Crippen LogP) is 4.09. The van der Waals surface area contributed by atoms with Gasteiger partial charge in [-0.2, -0.15) is 4.31 Å². The Morgan fingerprint density at radius 3 is 2.66 bits per heavy atom. The summed E-state index contributed by atoms with van der Waals surface area (Å²) in [5.74, 6) is -0.257. The highest BCUT2D eigenvalue weighted by molar-refractivity contribution is 7.89. The van der Waals surface area contributed by atoms with Crippen LogP contribution in [0.3, 0.4) is 0 Å². The van der Waals surface area contributed by atoms with Gasteiger partial charge in [0.05, 0.1) is 16.5 Å². The fraction of sp³-hybridized carbons (Fsp3) is 0.381. The lowest BCUT2D eigenvalue weighted by Gasteiger charge is -2.23. The summed E-state index contributed by atoms with van der Waals surface area (Å²) in [6.07, 6.45) is 1.74. The molecule has 0 bridgehead atoms. The van der Waals surface area contributed by atoms with E-state index in [0.717, 1.165) is 11.3 Å². The number of nitrogens with zero attached hydrogens (tertiary/aromatic N) is 1. The number of carbonyl (C=O) groups excluding carboxylic acids is 1. The van der Waals surface area contributed by atoms with E-state index in [1.54, 1.807) is 18.2 Å². The molecule has 1 fully saturated rings. The monoisotopic (exact) mass is 435 g/mol. The maximum Gasteiger partial charge on any atom is 0.242 e. The van der Waals surface area contributed by atoms with Gasteiger partial charge in [-0.3, -0.25) is 4.79 Å². The Hall–Kier alpha value is -2.09. The Morgan fingerprint density at radius 2 is 1.97 bits per heavy atom. The average Bonchev–Trinajstić information content (AvgIpc) is 3.19. The highest BCUT2D eigenvalue weighted by Gasteiger charge is 2.38. The molecule has 1 aliphatic heterocycles. The van der Waals surface area contributed by atoms with Crippen molar-refractivity contribution in [2.24, 2.45) is 0 Å². The first-order valence-electron chi connectivity index (χ1n) is 9.78. The van der Waals surface area contributed by atoms with E-state index in [9.17, 15) is 13.2 Å². The van der Waals surface area contributed by atoms with Crippen molar-refractivity contribution < 1.29 is 13.2 Å². The molecule has 156 valence electrons. The highest BCUT2D eigenvalue weighted by atomic mass is 35.5. The quantitative estimate of drug-likeness (QED) is 0.654. The van der Waals surface area contributed by atoms with Crippen molar-refractivity contribution in [3.05, 3.63) is 59.1 Å². The lowest BCUT2D eigenvalue weighted by atomic mass is 10.2. The van der Waals surface area contributed by atoms with Gasteiger partial charge in [0.1, 0.15) is 6.04 Å². The Labute approximate surface area is 177 Å². The van der Waals surface area contributed by atoms with Crippen molar-refractivity contribution >= 4 is 38.9 Å². The van der Waals surface area contributed by atoms with Crippen molar-refractivity contribution in [1.29, 1.82) is 0 Å². The van der Waals surface area contributed by atoms with Gasteiger partial charge in [-0.05, 0) is 43.0 Å². The van der Waals surface area contributed by atoms with E-state index in [-0.39, 0.29) is 11.7 Å². The first-order valence-corrected chi connectivity index (χ1v) is 11.8. The number of sulfonamides is 1. The maximum atomic E-state index is 12.7. The number of hydrogen-bond acceptors (Lipinski definition) is 4. The molecule has 1 unspecified atom stereocenters. The summed E-state index contributed by atoms with van der Waals surface area (Å²) >= 11 is 6.36. The average molecular weight is 436 g/mol. The standard InChI is InChI=1S/C21H26ClN3O3S/c1-2-13-29(27,28)25-12-6-9-20(25)21(26)24-17-10-11-19(18(22)14-17)23-15-16-7-4-3-5-8-16/h3-5,7-8,10-11,14,20,23H,2,6,9,12-13,15H2,1H3,(H,24,26). The molecule has 0 saturated carbocycles. The van der Waals surface area contributed by atoms with Crippen LogP contribution in [0.4, 0.5) is 11.4 Å². The Morgan fingerprint density at radius 1 is 1.21 bits per heavy atom. The third kappa shape index (κ3) is 5.50. The molecule has 6 nitrogen and oxygen atoms in total. The maximum absolute atomic E-state index is 12.7. The minimum absolute atomic E-state index is 0.0599. The molecule has 1 atom stereocenters. The van der Waals surface area contributed by atoms with Crippen LogP contribution >= 0.6 is 11.6 Å². The normalized spacial score (nSPS) is 17.2. The van der Waals surface area contributed by atoms with E-state index in [1.165, 1.54) is 4.31 Å². The van der Waals surface area contributed by atoms with Crippen LogP contribution in [0.2, 0.25) is 5.02 Å². The van der Waals surface area contributed by atoms with E-state index in [4.69, 9.17) is 11.6 Å². The Bertz CT molecular complexity index is 951. The van der Waals surface area contributed by atoms with Gasteiger partial charge in [0.25, 0.3) is 0 Å². The second kappa shape index (κ2) is 9.61. The summed E-state index contributed by atoms with van der Waals surface area (Å²) in [5, 5.41) is 6.57. The van der Waals surface area contributed by atoms with E-state index in [2.05, 4.69) is 10.6 Å². The van der Waals surface area contributed by atoms with Crippen LogP contribution < -0.4 is 10.6 Å². The van der Waals surface area contributed by atoms with Crippen LogP contribution in [-0.4, -0.2) is 37.0 Å². The number of benzene rings is 2. The zero-order valence-corrected chi connectivity index (χ0v) is 18.0. The van der Waals surface area contributed by atoms with Crippen molar-refractivity contribution in [3.63, 3.8) is 0 Å². The molecule has 0 radical (unpaired) electrons. The molecular formula is C21H26ClN3O3S. The second-order valence-corrected chi connectivity index (χ2v) is 9.56. The summed E-state index contributed by atoms with van der Waals surface area (Å²) in [5.41, 5.74) is 2.45. The van der Waals surface area contributed by atoms with Crippen molar-refractivity contribution in [3.8, 4) is 0 Å². The minimum atomic E-state index is -3.41. The van der Waals surface area contributed by atoms with E-state index in [0.29, 0.717) is 43.1 Å². The van der Waals surface area contributed by atoms with E-state index in [1.807, 2.05) is 37.3 Å². The van der Waals surface area contributed by atoms with Crippen molar-refractivity contribution in [2.75, 3.05) is 22.9 Å². The van der Waals surface area contributed by atoms with Crippen LogP contribution in [0, 0.1) is 0 Å². The number of hydrogen-bond donors (Lipinski definition) is 2. The molecule has 1 aliphatic rings. The molecule has 0 aromatic heterocycles. The van der Waals surface area contributed by atoms with Gasteiger partial charge in [0, 0.05) is 18.8 Å². The third-order valence-corrected chi connectivity index (χ3v) is 7.28.